The summed E-state index contributed by atoms with van der Waals surface area (Å²) in [4.78, 5) is 16.5. The number of nitrogens with zero attached hydrogens (tertiary/aromatic N) is 2. The zero-order chi connectivity index (χ0) is 16.1. The molecule has 0 bridgehead atoms. The van der Waals surface area contributed by atoms with Gasteiger partial charge in [0.2, 0.25) is 0 Å². The van der Waals surface area contributed by atoms with Crippen molar-refractivity contribution in [2.75, 3.05) is 46.9 Å². The van der Waals surface area contributed by atoms with Gasteiger partial charge in [0.25, 0.3) is 5.91 Å². The first-order valence-electron chi connectivity index (χ1n) is 7.50. The number of halogens is 1. The average Bonchev–Trinajstić information content (AvgIpc) is 2.49. The first-order chi connectivity index (χ1) is 10.5. The molecule has 0 radical (unpaired) electrons. The maximum Gasteiger partial charge on any atom is 0.257 e. The van der Waals surface area contributed by atoms with E-state index in [9.17, 15) is 4.79 Å². The molecule has 1 aromatic carbocycles. The molecule has 1 heterocycles. The number of carbonyl (C=O) groups is 1. The number of rotatable bonds is 5. The number of piperazine rings is 1. The van der Waals surface area contributed by atoms with E-state index < -0.39 is 0 Å². The number of carbonyl (C=O) groups excluding carboxylic acids is 1. The highest BCUT2D eigenvalue weighted by molar-refractivity contribution is 6.31. The summed E-state index contributed by atoms with van der Waals surface area (Å²) in [7, 11) is 4.20. The van der Waals surface area contributed by atoms with Gasteiger partial charge in [0.1, 0.15) is 5.75 Å². The highest BCUT2D eigenvalue weighted by atomic mass is 35.5. The van der Waals surface area contributed by atoms with E-state index in [-0.39, 0.29) is 12.5 Å². The molecule has 1 saturated heterocycles. The van der Waals surface area contributed by atoms with Crippen molar-refractivity contribution in [2.45, 2.75) is 13.0 Å². The summed E-state index contributed by atoms with van der Waals surface area (Å²) in [6, 6.07) is 5.78. The van der Waals surface area contributed by atoms with Crippen molar-refractivity contribution in [1.82, 2.24) is 15.1 Å². The van der Waals surface area contributed by atoms with E-state index in [1.165, 1.54) is 0 Å². The molecule has 0 spiro atoms. The van der Waals surface area contributed by atoms with Crippen molar-refractivity contribution in [3.63, 3.8) is 0 Å². The van der Waals surface area contributed by atoms with Crippen molar-refractivity contribution in [1.29, 1.82) is 0 Å². The van der Waals surface area contributed by atoms with E-state index in [0.29, 0.717) is 23.4 Å². The molecule has 0 aromatic heterocycles. The van der Waals surface area contributed by atoms with Gasteiger partial charge >= 0.3 is 0 Å². The van der Waals surface area contributed by atoms with Crippen LogP contribution in [0.1, 0.15) is 5.56 Å². The normalized spacial score (nSPS) is 19.9. The van der Waals surface area contributed by atoms with Crippen molar-refractivity contribution >= 4 is 17.5 Å². The van der Waals surface area contributed by atoms with Gasteiger partial charge in [-0.1, -0.05) is 17.7 Å². The number of ether oxygens (including phenoxy) is 1. The van der Waals surface area contributed by atoms with E-state index in [1.54, 1.807) is 6.07 Å². The Morgan fingerprint density at radius 2 is 2.18 bits per heavy atom. The second-order valence-corrected chi connectivity index (χ2v) is 6.26. The minimum atomic E-state index is -0.110. The summed E-state index contributed by atoms with van der Waals surface area (Å²) in [6.45, 7) is 5.58. The largest absolute Gasteiger partial charge is 0.483 e. The van der Waals surface area contributed by atoms with Crippen LogP contribution in [0.15, 0.2) is 18.2 Å². The number of hydrogen-bond acceptors (Lipinski definition) is 4. The highest BCUT2D eigenvalue weighted by Crippen LogP contribution is 2.24. The van der Waals surface area contributed by atoms with Crippen LogP contribution in [0, 0.1) is 6.92 Å². The predicted molar refractivity (Wildman–Crippen MR) is 88.6 cm³/mol. The molecule has 6 heteroatoms. The first-order valence-corrected chi connectivity index (χ1v) is 7.88. The summed E-state index contributed by atoms with van der Waals surface area (Å²) >= 11 is 6.03. The van der Waals surface area contributed by atoms with Gasteiger partial charge in [-0.15, -0.1) is 0 Å². The van der Waals surface area contributed by atoms with Crippen LogP contribution in [-0.4, -0.2) is 68.6 Å². The fraction of sp³-hybridized carbons (Fsp3) is 0.562. The molecular formula is C16H24ClN3O2. The molecule has 1 aliphatic rings. The molecule has 1 atom stereocenters. The fourth-order valence-corrected chi connectivity index (χ4v) is 2.66. The molecule has 0 unspecified atom stereocenters. The number of benzene rings is 1. The Morgan fingerprint density at radius 3 is 2.95 bits per heavy atom. The number of likely N-dealkylation sites (N-methyl/N-ethyl adjacent to an activating group) is 2. The highest BCUT2D eigenvalue weighted by Gasteiger charge is 2.22. The third-order valence-corrected chi connectivity index (χ3v) is 4.50. The summed E-state index contributed by atoms with van der Waals surface area (Å²) in [5, 5.41) is 3.59. The fourth-order valence-electron chi connectivity index (χ4n) is 2.49. The molecule has 0 saturated carbocycles. The second-order valence-electron chi connectivity index (χ2n) is 5.85. The summed E-state index contributed by atoms with van der Waals surface area (Å²) in [6.07, 6.45) is 0. The minimum Gasteiger partial charge on any atom is -0.483 e. The molecule has 2 rings (SSSR count). The first kappa shape index (κ1) is 17.1. The van der Waals surface area contributed by atoms with Crippen molar-refractivity contribution in [3.8, 4) is 5.75 Å². The van der Waals surface area contributed by atoms with E-state index in [4.69, 9.17) is 16.3 Å². The summed E-state index contributed by atoms with van der Waals surface area (Å²) < 4.78 is 5.55. The Morgan fingerprint density at radius 1 is 1.41 bits per heavy atom. The predicted octanol–water partition coefficient (Wildman–Crippen LogP) is 1.39. The van der Waals surface area contributed by atoms with Crippen LogP contribution in [0.5, 0.6) is 5.75 Å². The van der Waals surface area contributed by atoms with Crippen LogP contribution >= 0.6 is 11.6 Å². The average molecular weight is 326 g/mol. The Hall–Kier alpha value is -1.30. The van der Waals surface area contributed by atoms with Gasteiger partial charge in [-0.3, -0.25) is 9.69 Å². The van der Waals surface area contributed by atoms with Crippen LogP contribution in [0.2, 0.25) is 5.02 Å². The van der Waals surface area contributed by atoms with Gasteiger partial charge in [0, 0.05) is 42.8 Å². The molecule has 1 aliphatic heterocycles. The minimum absolute atomic E-state index is 0.00740. The Balaban J connectivity index is 1.77. The van der Waals surface area contributed by atoms with Crippen molar-refractivity contribution < 1.29 is 9.53 Å². The molecule has 1 N–H and O–H groups in total. The lowest BCUT2D eigenvalue weighted by Crippen LogP contribution is -2.54. The third-order valence-electron chi connectivity index (χ3n) is 4.09. The lowest BCUT2D eigenvalue weighted by atomic mass is 10.2. The van der Waals surface area contributed by atoms with E-state index >= 15 is 0 Å². The quantitative estimate of drug-likeness (QED) is 0.888. The Kier molecular flexibility index (Phi) is 6.06. The molecule has 22 heavy (non-hydrogen) atoms. The van der Waals surface area contributed by atoms with Crippen molar-refractivity contribution in [2.24, 2.45) is 0 Å². The molecule has 5 nitrogen and oxygen atoms in total. The smallest absolute Gasteiger partial charge is 0.257 e. The van der Waals surface area contributed by atoms with Gasteiger partial charge in [-0.2, -0.15) is 0 Å². The maximum absolute atomic E-state index is 11.9. The Labute approximate surface area is 137 Å². The van der Waals surface area contributed by atoms with Gasteiger partial charge < -0.3 is 15.0 Å². The Bertz CT molecular complexity index is 524. The SMILES string of the molecule is Cc1c(Cl)cccc1OCC(=O)NC[C@H]1CN(C)CCN1C. The topological polar surface area (TPSA) is 44.8 Å². The lowest BCUT2D eigenvalue weighted by molar-refractivity contribution is -0.123. The molecule has 0 aliphatic carbocycles. The second kappa shape index (κ2) is 7.81. The standard InChI is InChI=1S/C16H24ClN3O2/c1-12-14(17)5-4-6-15(12)22-11-16(21)18-9-13-10-19(2)7-8-20(13)3/h4-6,13H,7-11H2,1-3H3,(H,18,21)/t13-/m0/s1. The number of hydrogen-bond donors (Lipinski definition) is 1. The molecule has 1 aromatic rings. The lowest BCUT2D eigenvalue weighted by Gasteiger charge is -2.37. The third kappa shape index (κ3) is 4.60. The summed E-state index contributed by atoms with van der Waals surface area (Å²) in [5.41, 5.74) is 0.852. The number of nitrogens with one attached hydrogen (secondary N) is 1. The zero-order valence-electron chi connectivity index (χ0n) is 13.4. The van der Waals surface area contributed by atoms with E-state index in [2.05, 4.69) is 29.2 Å². The van der Waals surface area contributed by atoms with Crippen LogP contribution in [-0.2, 0) is 4.79 Å². The molecule has 1 fully saturated rings. The zero-order valence-corrected chi connectivity index (χ0v) is 14.2. The van der Waals surface area contributed by atoms with Crippen LogP contribution in [0.3, 0.4) is 0 Å². The maximum atomic E-state index is 11.9. The van der Waals surface area contributed by atoms with Gasteiger partial charge in [-0.05, 0) is 33.2 Å². The van der Waals surface area contributed by atoms with Crippen LogP contribution in [0.25, 0.3) is 0 Å². The molecule has 1 amide bonds. The molecular weight excluding hydrogens is 302 g/mol. The van der Waals surface area contributed by atoms with Gasteiger partial charge in [-0.25, -0.2) is 0 Å². The number of amides is 1. The van der Waals surface area contributed by atoms with Gasteiger partial charge in [0.15, 0.2) is 6.61 Å². The van der Waals surface area contributed by atoms with E-state index in [0.717, 1.165) is 25.2 Å². The molecule has 122 valence electrons. The van der Waals surface area contributed by atoms with Crippen LogP contribution in [0.4, 0.5) is 0 Å². The van der Waals surface area contributed by atoms with Gasteiger partial charge in [0.05, 0.1) is 0 Å². The van der Waals surface area contributed by atoms with Crippen molar-refractivity contribution in [3.05, 3.63) is 28.8 Å². The monoisotopic (exact) mass is 325 g/mol. The van der Waals surface area contributed by atoms with E-state index in [1.807, 2.05) is 19.1 Å². The summed E-state index contributed by atoms with van der Waals surface area (Å²) in [5.74, 6) is 0.540. The van der Waals surface area contributed by atoms with Crippen LogP contribution < -0.4 is 10.1 Å².